The molecule has 1 N–H and O–H groups in total. The SMILES string of the molecule is C#CC1CC(=O)N(c2ccc(O)cc2F)C1. The zero-order valence-electron chi connectivity index (χ0n) is 8.48. The van der Waals surface area contributed by atoms with Crippen LogP contribution in [0.2, 0.25) is 0 Å². The van der Waals surface area contributed by atoms with Gasteiger partial charge in [0, 0.05) is 24.9 Å². The third-order valence-electron chi connectivity index (χ3n) is 2.58. The Kier molecular flexibility index (Phi) is 2.53. The molecule has 1 unspecified atom stereocenters. The number of carbonyl (C=O) groups is 1. The second kappa shape index (κ2) is 3.86. The zero-order valence-corrected chi connectivity index (χ0v) is 8.48. The van der Waals surface area contributed by atoms with Crippen LogP contribution in [-0.4, -0.2) is 17.6 Å². The molecule has 1 heterocycles. The fourth-order valence-electron chi connectivity index (χ4n) is 1.77. The third kappa shape index (κ3) is 1.72. The van der Waals surface area contributed by atoms with E-state index in [1.165, 1.54) is 17.0 Å². The molecule has 3 nitrogen and oxygen atoms in total. The van der Waals surface area contributed by atoms with Gasteiger partial charge in [0.05, 0.1) is 5.69 Å². The number of hydrogen-bond acceptors (Lipinski definition) is 2. The third-order valence-corrected chi connectivity index (χ3v) is 2.58. The van der Waals surface area contributed by atoms with Crippen LogP contribution >= 0.6 is 0 Å². The van der Waals surface area contributed by atoms with Crippen molar-refractivity contribution < 1.29 is 14.3 Å². The lowest BCUT2D eigenvalue weighted by Crippen LogP contribution is -2.25. The van der Waals surface area contributed by atoms with Crippen molar-refractivity contribution in [3.05, 3.63) is 24.0 Å². The number of phenolic OH excluding ortho intramolecular Hbond substituents is 1. The number of amides is 1. The first-order chi connectivity index (χ1) is 7.61. The Balaban J connectivity index is 2.32. The Morgan fingerprint density at radius 1 is 1.56 bits per heavy atom. The molecule has 0 bridgehead atoms. The fourth-order valence-corrected chi connectivity index (χ4v) is 1.77. The number of benzene rings is 1. The quantitative estimate of drug-likeness (QED) is 0.727. The first-order valence-electron chi connectivity index (χ1n) is 4.87. The van der Waals surface area contributed by atoms with Crippen molar-refractivity contribution in [2.45, 2.75) is 6.42 Å². The van der Waals surface area contributed by atoms with Gasteiger partial charge in [-0.15, -0.1) is 12.3 Å². The topological polar surface area (TPSA) is 40.5 Å². The predicted molar refractivity (Wildman–Crippen MR) is 57.4 cm³/mol. The van der Waals surface area contributed by atoms with Crippen molar-refractivity contribution in [2.24, 2.45) is 5.92 Å². The summed E-state index contributed by atoms with van der Waals surface area (Å²) in [5.74, 6) is 1.35. The number of nitrogens with zero attached hydrogens (tertiary/aromatic N) is 1. The molecule has 4 heteroatoms. The molecule has 16 heavy (non-hydrogen) atoms. The molecule has 1 aromatic carbocycles. The number of halogens is 1. The molecule has 0 radical (unpaired) electrons. The van der Waals surface area contributed by atoms with Crippen LogP contribution in [0.1, 0.15) is 6.42 Å². The Bertz CT molecular complexity index is 478. The summed E-state index contributed by atoms with van der Waals surface area (Å²) in [4.78, 5) is 12.9. The Hall–Kier alpha value is -2.02. The van der Waals surface area contributed by atoms with Gasteiger partial charge in [0.25, 0.3) is 0 Å². The van der Waals surface area contributed by atoms with Crippen molar-refractivity contribution >= 4 is 11.6 Å². The second-order valence-electron chi connectivity index (χ2n) is 3.71. The highest BCUT2D eigenvalue weighted by Crippen LogP contribution is 2.28. The van der Waals surface area contributed by atoms with Gasteiger partial charge in [-0.2, -0.15) is 0 Å². The highest BCUT2D eigenvalue weighted by Gasteiger charge is 2.30. The van der Waals surface area contributed by atoms with E-state index in [9.17, 15) is 9.18 Å². The summed E-state index contributed by atoms with van der Waals surface area (Å²) in [5.41, 5.74) is 0.167. The van der Waals surface area contributed by atoms with Gasteiger partial charge in [-0.3, -0.25) is 4.79 Å². The molecule has 0 aromatic heterocycles. The van der Waals surface area contributed by atoms with E-state index < -0.39 is 5.82 Å². The second-order valence-corrected chi connectivity index (χ2v) is 3.71. The van der Waals surface area contributed by atoms with Crippen LogP contribution in [0.4, 0.5) is 10.1 Å². The molecule has 0 saturated carbocycles. The first-order valence-corrected chi connectivity index (χ1v) is 4.87. The lowest BCUT2D eigenvalue weighted by atomic mass is 10.1. The molecule has 1 fully saturated rings. The molecule has 1 saturated heterocycles. The number of hydrogen-bond donors (Lipinski definition) is 1. The molecule has 1 aromatic rings. The van der Waals surface area contributed by atoms with Gasteiger partial charge in [-0.25, -0.2) is 4.39 Å². The van der Waals surface area contributed by atoms with Gasteiger partial charge in [0.15, 0.2) is 5.82 Å². The Morgan fingerprint density at radius 2 is 2.31 bits per heavy atom. The minimum absolute atomic E-state index is 0.165. The van der Waals surface area contributed by atoms with Crippen LogP contribution in [0.15, 0.2) is 18.2 Å². The van der Waals surface area contributed by atoms with E-state index in [-0.39, 0.29) is 29.7 Å². The standard InChI is InChI=1S/C12H10FNO2/c1-2-8-5-12(16)14(7-8)11-4-3-9(15)6-10(11)13/h1,3-4,6,8,15H,5,7H2. The van der Waals surface area contributed by atoms with E-state index in [1.54, 1.807) is 0 Å². The largest absolute Gasteiger partial charge is 0.508 e. The summed E-state index contributed by atoms with van der Waals surface area (Å²) in [6.45, 7) is 0.330. The van der Waals surface area contributed by atoms with E-state index in [0.29, 0.717) is 6.54 Å². The minimum Gasteiger partial charge on any atom is -0.508 e. The van der Waals surface area contributed by atoms with Crippen molar-refractivity contribution in [1.29, 1.82) is 0 Å². The van der Waals surface area contributed by atoms with Gasteiger partial charge >= 0.3 is 0 Å². The number of carbonyl (C=O) groups excluding carboxylic acids is 1. The van der Waals surface area contributed by atoms with Gasteiger partial charge in [-0.1, -0.05) is 0 Å². The van der Waals surface area contributed by atoms with E-state index >= 15 is 0 Å². The predicted octanol–water partition coefficient (Wildman–Crippen LogP) is 1.52. The van der Waals surface area contributed by atoms with Gasteiger partial charge in [0.1, 0.15) is 5.75 Å². The Labute approximate surface area is 92.5 Å². The average molecular weight is 219 g/mol. The zero-order chi connectivity index (χ0) is 11.7. The number of rotatable bonds is 1. The summed E-state index contributed by atoms with van der Waals surface area (Å²) in [6, 6.07) is 3.70. The summed E-state index contributed by atoms with van der Waals surface area (Å²) in [5, 5.41) is 9.07. The molecule has 1 aliphatic heterocycles. The molecule has 1 atom stereocenters. The van der Waals surface area contributed by atoms with E-state index in [1.807, 2.05) is 0 Å². The molecule has 0 spiro atoms. The van der Waals surface area contributed by atoms with Crippen molar-refractivity contribution in [3.8, 4) is 18.1 Å². The number of phenols is 1. The monoisotopic (exact) mass is 219 g/mol. The van der Waals surface area contributed by atoms with Crippen LogP contribution in [0.5, 0.6) is 5.75 Å². The van der Waals surface area contributed by atoms with Crippen LogP contribution in [-0.2, 0) is 4.79 Å². The maximum absolute atomic E-state index is 13.5. The summed E-state index contributed by atoms with van der Waals surface area (Å²) in [7, 11) is 0. The van der Waals surface area contributed by atoms with Crippen molar-refractivity contribution in [3.63, 3.8) is 0 Å². The van der Waals surface area contributed by atoms with E-state index in [2.05, 4.69) is 5.92 Å². The molecule has 2 rings (SSSR count). The van der Waals surface area contributed by atoms with Gasteiger partial charge in [0.2, 0.25) is 5.91 Å². The van der Waals surface area contributed by atoms with Gasteiger partial charge < -0.3 is 10.0 Å². The molecule has 82 valence electrons. The maximum atomic E-state index is 13.5. The van der Waals surface area contributed by atoms with Crippen LogP contribution in [0.3, 0.4) is 0 Å². The number of aromatic hydroxyl groups is 1. The molecule has 1 amide bonds. The average Bonchev–Trinajstić information content (AvgIpc) is 2.60. The highest BCUT2D eigenvalue weighted by atomic mass is 19.1. The van der Waals surface area contributed by atoms with Crippen LogP contribution in [0, 0.1) is 24.1 Å². The molecular formula is C12H10FNO2. The minimum atomic E-state index is -0.619. The fraction of sp³-hybridized carbons (Fsp3) is 0.250. The number of anilines is 1. The van der Waals surface area contributed by atoms with Crippen molar-refractivity contribution in [2.75, 3.05) is 11.4 Å². The van der Waals surface area contributed by atoms with E-state index in [4.69, 9.17) is 11.5 Å². The van der Waals surface area contributed by atoms with Crippen LogP contribution < -0.4 is 4.90 Å². The normalized spacial score (nSPS) is 19.9. The summed E-state index contributed by atoms with van der Waals surface area (Å²) >= 11 is 0. The lowest BCUT2D eigenvalue weighted by molar-refractivity contribution is -0.117. The molecule has 0 aliphatic carbocycles. The van der Waals surface area contributed by atoms with Gasteiger partial charge in [-0.05, 0) is 12.1 Å². The molecule has 1 aliphatic rings. The molecular weight excluding hydrogens is 209 g/mol. The number of terminal acetylenes is 1. The van der Waals surface area contributed by atoms with E-state index in [0.717, 1.165) is 6.07 Å². The smallest absolute Gasteiger partial charge is 0.228 e. The maximum Gasteiger partial charge on any atom is 0.228 e. The van der Waals surface area contributed by atoms with Crippen LogP contribution in [0.25, 0.3) is 0 Å². The van der Waals surface area contributed by atoms with Crippen molar-refractivity contribution in [1.82, 2.24) is 0 Å². The lowest BCUT2D eigenvalue weighted by Gasteiger charge is -2.16. The first kappa shape index (κ1) is 10.5. The summed E-state index contributed by atoms with van der Waals surface area (Å²) < 4.78 is 13.5. The highest BCUT2D eigenvalue weighted by molar-refractivity contribution is 5.96. The Morgan fingerprint density at radius 3 is 2.88 bits per heavy atom. The summed E-state index contributed by atoms with van der Waals surface area (Å²) in [6.07, 6.45) is 5.48.